The number of hydrogen-bond acceptors (Lipinski definition) is 2. The number of halogens is 5. The van der Waals surface area contributed by atoms with Crippen molar-refractivity contribution in [1.29, 1.82) is 0 Å². The van der Waals surface area contributed by atoms with Crippen molar-refractivity contribution in [1.82, 2.24) is 19.9 Å². The van der Waals surface area contributed by atoms with Crippen LogP contribution >= 0.6 is 62.0 Å². The van der Waals surface area contributed by atoms with Crippen LogP contribution < -0.4 is 18.3 Å². The Labute approximate surface area is 362 Å². The largest absolute Gasteiger partial charge is 0.354 e. The van der Waals surface area contributed by atoms with Gasteiger partial charge < -0.3 is 9.97 Å². The van der Waals surface area contributed by atoms with Crippen LogP contribution in [0.3, 0.4) is 0 Å². The molecule has 2 N–H and O–H groups in total. The van der Waals surface area contributed by atoms with Crippen molar-refractivity contribution in [2.24, 2.45) is 28.2 Å². The summed E-state index contributed by atoms with van der Waals surface area (Å²) in [6.45, 7) is 0. The number of aromatic nitrogens is 8. The van der Waals surface area contributed by atoms with Crippen molar-refractivity contribution in [3.05, 3.63) is 145 Å². The summed E-state index contributed by atoms with van der Waals surface area (Å²) < 4.78 is 8.59. The third-order valence-corrected chi connectivity index (χ3v) is 10.00. The Morgan fingerprint density at radius 1 is 0.333 bits per heavy atom. The van der Waals surface area contributed by atoms with Crippen LogP contribution in [0.2, 0.25) is 0 Å². The van der Waals surface area contributed by atoms with Gasteiger partial charge in [-0.2, -0.15) is 0 Å². The monoisotopic (exact) mass is 858 g/mol. The SMILES string of the molecule is C[n+]1ccccc1-c1c2nc(c(-c3cccc[n+]3C)c3ccc([nH]3)c(-c3cccc[n+]3C)c3nc(c(-c4cccc[n+]4C)c4ccc1[nH]4)C=C3)C=C2.Cl.Cl.Cl.Cl.Cl. The zero-order valence-electron chi connectivity index (χ0n) is 31.6. The highest BCUT2D eigenvalue weighted by atomic mass is 35.5. The van der Waals surface area contributed by atoms with Gasteiger partial charge in [0.05, 0.1) is 67.1 Å². The van der Waals surface area contributed by atoms with Gasteiger partial charge in [-0.1, -0.05) is 0 Å². The van der Waals surface area contributed by atoms with E-state index < -0.39 is 0 Å². The van der Waals surface area contributed by atoms with E-state index in [4.69, 9.17) is 9.97 Å². The Hall–Kier alpha value is -5.35. The van der Waals surface area contributed by atoms with Gasteiger partial charge in [-0.05, 0) is 72.8 Å². The maximum absolute atomic E-state index is 5.42. The second kappa shape index (κ2) is 18.3. The molecule has 0 radical (unpaired) electrons. The van der Waals surface area contributed by atoms with E-state index in [1.54, 1.807) is 0 Å². The number of H-pyrrole nitrogens is 2. The third-order valence-electron chi connectivity index (χ3n) is 10.00. The predicted octanol–water partition coefficient (Wildman–Crippen LogP) is 8.73. The summed E-state index contributed by atoms with van der Waals surface area (Å²) in [5.41, 5.74) is 15.6. The molecule has 8 nitrogen and oxygen atoms in total. The summed E-state index contributed by atoms with van der Waals surface area (Å²) in [7, 11) is 8.31. The molecule has 0 aromatic carbocycles. The average Bonchev–Trinajstić information content (AvgIpc) is 3.99. The van der Waals surface area contributed by atoms with E-state index in [2.05, 4.69) is 178 Å². The first-order valence-electron chi connectivity index (χ1n) is 17.4. The fraction of sp³-hybridized carbons (Fsp3) is 0.0909. The van der Waals surface area contributed by atoms with E-state index in [1.165, 1.54) is 0 Å². The van der Waals surface area contributed by atoms with Gasteiger partial charge in [-0.25, -0.2) is 28.2 Å². The maximum atomic E-state index is 5.42. The number of rotatable bonds is 4. The molecule has 0 unspecified atom stereocenters. The van der Waals surface area contributed by atoms with E-state index in [9.17, 15) is 0 Å². The maximum Gasteiger partial charge on any atom is 0.216 e. The highest BCUT2D eigenvalue weighted by Gasteiger charge is 2.25. The Kier molecular flexibility index (Phi) is 14.2. The second-order valence-corrected chi connectivity index (χ2v) is 13.3. The topological polar surface area (TPSA) is 72.9 Å². The number of nitrogens with zero attached hydrogens (tertiary/aromatic N) is 6. The van der Waals surface area contributed by atoms with E-state index >= 15 is 0 Å². The van der Waals surface area contributed by atoms with Crippen molar-refractivity contribution >= 4 is 108 Å². The Morgan fingerprint density at radius 3 is 0.772 bits per heavy atom. The number of hydrogen-bond donors (Lipinski definition) is 2. The molecule has 0 atom stereocenters. The standard InChI is InChI=1S/C44H37N8.5ClH/c1-49-25-9-5-13-37(49)41-29-17-19-31(45-29)42(38-14-6-10-26-50(38)2)33-21-23-35(47-33)44(40-16-8-12-28-52(40)4)36-24-22-34(48-36)43(32-20-18-30(41)46-32)39-15-7-11-27-51(39)3;;;;;/h5-28H,1-4H3,(H,45,46,47,48);5*1H/q+3;;;;;/p+1. The first kappa shape index (κ1) is 44.4. The molecule has 0 aliphatic carbocycles. The average molecular weight is 861 g/mol. The Balaban J connectivity index is 0.00000144. The molecule has 2 aliphatic rings. The van der Waals surface area contributed by atoms with Gasteiger partial charge in [0.25, 0.3) is 0 Å². The summed E-state index contributed by atoms with van der Waals surface area (Å²) in [6, 6.07) is 33.8. The second-order valence-electron chi connectivity index (χ2n) is 13.3. The van der Waals surface area contributed by atoms with Crippen molar-refractivity contribution in [2.45, 2.75) is 0 Å². The summed E-state index contributed by atoms with van der Waals surface area (Å²) in [5, 5.41) is 0. The molecule has 290 valence electrons. The molecule has 57 heavy (non-hydrogen) atoms. The summed E-state index contributed by atoms with van der Waals surface area (Å²) in [5.74, 6) is 0. The normalized spacial score (nSPS) is 11.0. The van der Waals surface area contributed by atoms with Crippen LogP contribution in [0.1, 0.15) is 22.8 Å². The lowest BCUT2D eigenvalue weighted by molar-refractivity contribution is -0.660. The molecular weight excluding hydrogens is 818 g/mol. The van der Waals surface area contributed by atoms with Crippen LogP contribution in [-0.2, 0) is 28.2 Å². The molecule has 0 amide bonds. The number of aromatic amines is 2. The molecule has 13 heteroatoms. The zero-order valence-corrected chi connectivity index (χ0v) is 35.7. The summed E-state index contributed by atoms with van der Waals surface area (Å²) in [6.07, 6.45) is 16.9. The Morgan fingerprint density at radius 2 is 0.561 bits per heavy atom. The van der Waals surface area contributed by atoms with Crippen molar-refractivity contribution in [3.8, 4) is 45.0 Å². The van der Waals surface area contributed by atoms with Gasteiger partial charge in [0.1, 0.15) is 28.2 Å². The van der Waals surface area contributed by atoms with Crippen LogP contribution in [-0.4, -0.2) is 19.9 Å². The fourth-order valence-corrected chi connectivity index (χ4v) is 7.42. The number of aryl methyl sites for hydroxylation is 4. The first-order valence-corrected chi connectivity index (χ1v) is 17.4. The molecule has 7 aromatic rings. The lowest BCUT2D eigenvalue weighted by Gasteiger charge is -2.05. The minimum Gasteiger partial charge on any atom is -0.354 e. The third kappa shape index (κ3) is 7.97. The minimum atomic E-state index is 0. The smallest absolute Gasteiger partial charge is 0.216 e. The van der Waals surface area contributed by atoms with Crippen LogP contribution in [0.15, 0.2) is 122 Å². The molecule has 9 rings (SSSR count). The molecule has 2 aliphatic heterocycles. The highest BCUT2D eigenvalue weighted by molar-refractivity contribution is 5.97. The predicted molar refractivity (Wildman–Crippen MR) is 242 cm³/mol. The highest BCUT2D eigenvalue weighted by Crippen LogP contribution is 2.36. The van der Waals surface area contributed by atoms with Gasteiger partial charge in [0, 0.05) is 48.5 Å². The summed E-state index contributed by atoms with van der Waals surface area (Å²) in [4.78, 5) is 18.5. The Bertz CT molecular complexity index is 2450. The van der Waals surface area contributed by atoms with Crippen LogP contribution in [0, 0.1) is 0 Å². The lowest BCUT2D eigenvalue weighted by Crippen LogP contribution is -2.30. The van der Waals surface area contributed by atoms with Crippen molar-refractivity contribution < 1.29 is 18.3 Å². The van der Waals surface area contributed by atoms with E-state index in [-0.39, 0.29) is 62.0 Å². The fourth-order valence-electron chi connectivity index (χ4n) is 7.42. The van der Waals surface area contributed by atoms with Crippen LogP contribution in [0.25, 0.3) is 91.4 Å². The van der Waals surface area contributed by atoms with Gasteiger partial charge in [-0.3, -0.25) is 0 Å². The molecule has 7 aromatic heterocycles. The summed E-state index contributed by atoms with van der Waals surface area (Å²) >= 11 is 0. The van der Waals surface area contributed by atoms with Crippen LogP contribution in [0.4, 0.5) is 0 Å². The number of fused-ring (bicyclic) bond motifs is 8. The number of pyridine rings is 4. The molecular formula is C44H43Cl5N8+4. The molecule has 9 heterocycles. The molecule has 8 bridgehead atoms. The van der Waals surface area contributed by atoms with Crippen molar-refractivity contribution in [2.75, 3.05) is 0 Å². The minimum absolute atomic E-state index is 0. The lowest BCUT2D eigenvalue weighted by atomic mass is 10.1. The molecule has 0 fully saturated rings. The molecule has 0 saturated carbocycles. The van der Waals surface area contributed by atoms with Gasteiger partial charge >= 0.3 is 0 Å². The van der Waals surface area contributed by atoms with Gasteiger partial charge in [-0.15, -0.1) is 62.0 Å². The van der Waals surface area contributed by atoms with Crippen LogP contribution in [0.5, 0.6) is 0 Å². The molecule has 0 saturated heterocycles. The van der Waals surface area contributed by atoms with E-state index in [0.717, 1.165) is 89.9 Å². The van der Waals surface area contributed by atoms with Gasteiger partial charge in [0.15, 0.2) is 24.8 Å². The molecule has 0 spiro atoms. The number of nitrogens with one attached hydrogen (secondary N) is 2. The van der Waals surface area contributed by atoms with Crippen molar-refractivity contribution in [3.63, 3.8) is 0 Å². The quantitative estimate of drug-likeness (QED) is 0.174. The van der Waals surface area contributed by atoms with Gasteiger partial charge in [0.2, 0.25) is 22.8 Å². The zero-order chi connectivity index (χ0) is 35.3. The first-order chi connectivity index (χ1) is 25.4. The van der Waals surface area contributed by atoms with E-state index in [0.29, 0.717) is 0 Å². The van der Waals surface area contributed by atoms with E-state index in [1.807, 2.05) is 24.3 Å².